The minimum absolute atomic E-state index is 0.0598. The van der Waals surface area contributed by atoms with E-state index in [2.05, 4.69) is 20.7 Å². The Hall–Kier alpha value is -3.55. The molecule has 2 N–H and O–H groups in total. The third-order valence-electron chi connectivity index (χ3n) is 4.69. The van der Waals surface area contributed by atoms with Crippen molar-refractivity contribution in [1.82, 2.24) is 25.5 Å². The molecule has 3 aromatic rings. The first-order chi connectivity index (χ1) is 13.4. The lowest BCUT2D eigenvalue weighted by Crippen LogP contribution is -2.46. The third-order valence-corrected chi connectivity index (χ3v) is 4.69. The fourth-order valence-electron chi connectivity index (χ4n) is 2.72. The van der Waals surface area contributed by atoms with Crippen molar-refractivity contribution in [3.63, 3.8) is 0 Å². The van der Waals surface area contributed by atoms with Gasteiger partial charge in [-0.1, -0.05) is 60.7 Å². The monoisotopic (exact) mass is 379 g/mol. The lowest BCUT2D eigenvalue weighted by atomic mass is 9.82. The summed E-state index contributed by atoms with van der Waals surface area (Å²) in [5, 5.41) is 24.6. The minimum Gasteiger partial charge on any atom is -0.481 e. The minimum atomic E-state index is -1.25. The van der Waals surface area contributed by atoms with Gasteiger partial charge in [-0.25, -0.2) is 0 Å². The predicted molar refractivity (Wildman–Crippen MR) is 102 cm³/mol. The Kier molecular flexibility index (Phi) is 5.49. The molecule has 144 valence electrons. The summed E-state index contributed by atoms with van der Waals surface area (Å²) >= 11 is 0. The number of hydrogen-bond donors (Lipinski definition) is 2. The van der Waals surface area contributed by atoms with Crippen molar-refractivity contribution in [2.24, 2.45) is 0 Å². The lowest BCUT2D eigenvalue weighted by Gasteiger charge is -2.26. The highest BCUT2D eigenvalue weighted by atomic mass is 16.4. The van der Waals surface area contributed by atoms with E-state index in [1.807, 2.05) is 36.4 Å². The molecule has 2 atom stereocenters. The van der Waals surface area contributed by atoms with Crippen LogP contribution in [0.3, 0.4) is 0 Å². The SMILES string of the molecule is CC(C(=O)NCC(C)(C(=O)O)c1ccccc1)n1nnc(-c2ccccc2)n1. The highest BCUT2D eigenvalue weighted by Gasteiger charge is 2.36. The van der Waals surface area contributed by atoms with E-state index in [-0.39, 0.29) is 12.5 Å². The summed E-state index contributed by atoms with van der Waals surface area (Å²) in [7, 11) is 0. The average Bonchev–Trinajstić information content (AvgIpc) is 3.22. The standard InChI is InChI=1S/C20H21N5O3/c1-14(25-23-17(22-24-25)15-9-5-3-6-10-15)18(26)21-13-20(2,19(27)28)16-11-7-4-8-12-16/h3-12,14H,13H2,1-2H3,(H,21,26)(H,27,28). The van der Waals surface area contributed by atoms with Gasteiger partial charge < -0.3 is 10.4 Å². The van der Waals surface area contributed by atoms with Gasteiger partial charge in [-0.2, -0.15) is 4.80 Å². The molecule has 0 radical (unpaired) electrons. The molecule has 0 aliphatic rings. The number of carboxylic acid groups (broad SMARTS) is 1. The molecule has 28 heavy (non-hydrogen) atoms. The average molecular weight is 379 g/mol. The highest BCUT2D eigenvalue weighted by molar-refractivity contribution is 5.84. The zero-order valence-corrected chi connectivity index (χ0v) is 15.6. The Morgan fingerprint density at radius 1 is 1.11 bits per heavy atom. The van der Waals surface area contributed by atoms with Crippen LogP contribution in [0.4, 0.5) is 0 Å². The Morgan fingerprint density at radius 2 is 1.71 bits per heavy atom. The normalized spacial score (nSPS) is 14.1. The molecule has 8 heteroatoms. The maximum atomic E-state index is 12.6. The highest BCUT2D eigenvalue weighted by Crippen LogP contribution is 2.23. The van der Waals surface area contributed by atoms with Crippen molar-refractivity contribution >= 4 is 11.9 Å². The number of hydrogen-bond acceptors (Lipinski definition) is 5. The number of nitrogens with zero attached hydrogens (tertiary/aromatic N) is 4. The van der Waals surface area contributed by atoms with Gasteiger partial charge in [-0.05, 0) is 24.6 Å². The quantitative estimate of drug-likeness (QED) is 0.650. The van der Waals surface area contributed by atoms with E-state index >= 15 is 0 Å². The van der Waals surface area contributed by atoms with Gasteiger partial charge >= 0.3 is 5.97 Å². The second-order valence-electron chi connectivity index (χ2n) is 6.70. The number of carboxylic acids is 1. The zero-order chi connectivity index (χ0) is 20.1. The number of amides is 1. The van der Waals surface area contributed by atoms with Crippen molar-refractivity contribution in [2.75, 3.05) is 6.54 Å². The summed E-state index contributed by atoms with van der Waals surface area (Å²) in [6.07, 6.45) is 0. The van der Waals surface area contributed by atoms with Crippen LogP contribution in [0.15, 0.2) is 60.7 Å². The van der Waals surface area contributed by atoms with Crippen LogP contribution < -0.4 is 5.32 Å². The van der Waals surface area contributed by atoms with Gasteiger partial charge in [0.05, 0.1) is 0 Å². The number of tetrazole rings is 1. The van der Waals surface area contributed by atoms with Crippen LogP contribution in [-0.4, -0.2) is 43.7 Å². The van der Waals surface area contributed by atoms with Gasteiger partial charge in [0.15, 0.2) is 0 Å². The maximum absolute atomic E-state index is 12.6. The second kappa shape index (κ2) is 7.99. The number of carbonyl (C=O) groups excluding carboxylic acids is 1. The second-order valence-corrected chi connectivity index (χ2v) is 6.70. The molecular formula is C20H21N5O3. The molecule has 1 amide bonds. The summed E-state index contributed by atoms with van der Waals surface area (Å²) in [6, 6.07) is 17.4. The summed E-state index contributed by atoms with van der Waals surface area (Å²) < 4.78 is 0. The Balaban J connectivity index is 1.70. The fraction of sp³-hybridized carbons (Fsp3) is 0.250. The molecule has 2 unspecified atom stereocenters. The van der Waals surface area contributed by atoms with Crippen LogP contribution in [-0.2, 0) is 15.0 Å². The van der Waals surface area contributed by atoms with E-state index in [1.165, 1.54) is 4.80 Å². The molecule has 0 aliphatic heterocycles. The summed E-state index contributed by atoms with van der Waals surface area (Å²) in [4.78, 5) is 25.6. The first-order valence-electron chi connectivity index (χ1n) is 8.83. The van der Waals surface area contributed by atoms with Gasteiger partial charge in [0, 0.05) is 12.1 Å². The maximum Gasteiger partial charge on any atom is 0.315 e. The largest absolute Gasteiger partial charge is 0.481 e. The Morgan fingerprint density at radius 3 is 2.32 bits per heavy atom. The number of rotatable bonds is 7. The van der Waals surface area contributed by atoms with E-state index in [1.54, 1.807) is 38.1 Å². The first-order valence-corrected chi connectivity index (χ1v) is 8.83. The van der Waals surface area contributed by atoms with Gasteiger partial charge in [0.1, 0.15) is 11.5 Å². The van der Waals surface area contributed by atoms with Gasteiger partial charge in [0.25, 0.3) is 0 Å². The molecule has 0 saturated carbocycles. The van der Waals surface area contributed by atoms with E-state index in [4.69, 9.17) is 0 Å². The van der Waals surface area contributed by atoms with Crippen molar-refractivity contribution in [2.45, 2.75) is 25.3 Å². The Bertz CT molecular complexity index is 958. The molecule has 0 saturated heterocycles. The molecule has 1 aromatic heterocycles. The lowest BCUT2D eigenvalue weighted by molar-refractivity contribution is -0.143. The van der Waals surface area contributed by atoms with Gasteiger partial charge in [0.2, 0.25) is 11.7 Å². The zero-order valence-electron chi connectivity index (χ0n) is 15.6. The third kappa shape index (κ3) is 3.90. The molecule has 0 fully saturated rings. The number of aliphatic carboxylic acids is 1. The van der Waals surface area contributed by atoms with Crippen LogP contribution in [0.5, 0.6) is 0 Å². The fourth-order valence-corrected chi connectivity index (χ4v) is 2.72. The predicted octanol–water partition coefficient (Wildman–Crippen LogP) is 2.06. The molecule has 0 spiro atoms. The number of carbonyl (C=O) groups is 2. The molecular weight excluding hydrogens is 358 g/mol. The van der Waals surface area contributed by atoms with Crippen molar-refractivity contribution < 1.29 is 14.7 Å². The summed E-state index contributed by atoms with van der Waals surface area (Å²) in [5.74, 6) is -0.989. The molecule has 8 nitrogen and oxygen atoms in total. The van der Waals surface area contributed by atoms with E-state index < -0.39 is 17.4 Å². The van der Waals surface area contributed by atoms with Crippen LogP contribution >= 0.6 is 0 Å². The number of nitrogens with one attached hydrogen (secondary N) is 1. The van der Waals surface area contributed by atoms with Crippen molar-refractivity contribution in [3.8, 4) is 11.4 Å². The van der Waals surface area contributed by atoms with E-state index in [0.29, 0.717) is 11.4 Å². The van der Waals surface area contributed by atoms with Crippen LogP contribution in [0.2, 0.25) is 0 Å². The summed E-state index contributed by atoms with van der Waals surface area (Å²) in [6.45, 7) is 3.15. The molecule has 3 rings (SSSR count). The first kappa shape index (κ1) is 19.2. The molecule has 0 aliphatic carbocycles. The topological polar surface area (TPSA) is 110 Å². The van der Waals surface area contributed by atoms with E-state index in [0.717, 1.165) is 5.56 Å². The molecule has 1 heterocycles. The Labute approximate surface area is 162 Å². The van der Waals surface area contributed by atoms with Crippen LogP contribution in [0.25, 0.3) is 11.4 Å². The molecule has 2 aromatic carbocycles. The van der Waals surface area contributed by atoms with Crippen LogP contribution in [0.1, 0.15) is 25.5 Å². The van der Waals surface area contributed by atoms with Gasteiger partial charge in [-0.3, -0.25) is 9.59 Å². The van der Waals surface area contributed by atoms with Crippen LogP contribution in [0, 0.1) is 0 Å². The van der Waals surface area contributed by atoms with Crippen molar-refractivity contribution in [3.05, 3.63) is 66.2 Å². The van der Waals surface area contributed by atoms with E-state index in [9.17, 15) is 14.7 Å². The van der Waals surface area contributed by atoms with Gasteiger partial charge in [-0.15, -0.1) is 10.2 Å². The smallest absolute Gasteiger partial charge is 0.315 e. The summed E-state index contributed by atoms with van der Waals surface area (Å²) in [5.41, 5.74) is 0.159. The molecule has 0 bridgehead atoms. The van der Waals surface area contributed by atoms with Crippen molar-refractivity contribution in [1.29, 1.82) is 0 Å². The number of benzene rings is 2. The number of aromatic nitrogens is 4.